The van der Waals surface area contributed by atoms with Crippen LogP contribution in [0.25, 0.3) is 0 Å². The van der Waals surface area contributed by atoms with Crippen molar-refractivity contribution in [3.05, 3.63) is 52.9 Å². The van der Waals surface area contributed by atoms with Gasteiger partial charge in [0.15, 0.2) is 23.3 Å². The van der Waals surface area contributed by atoms with Gasteiger partial charge in [-0.25, -0.2) is 22.0 Å². The standard InChI is InChI=1S/C13H12F5NS/c1-3-5-7(4-2)6-19-20-13-11(17)9(15)8(14)10(16)12(13)18/h3-5,19H,6H2,1-2H3/b5-3-,7-4+. The van der Waals surface area contributed by atoms with Crippen molar-refractivity contribution in [3.8, 4) is 0 Å². The van der Waals surface area contributed by atoms with Gasteiger partial charge in [-0.2, -0.15) is 0 Å². The van der Waals surface area contributed by atoms with Crippen LogP contribution < -0.4 is 4.72 Å². The van der Waals surface area contributed by atoms with Crippen molar-refractivity contribution in [2.45, 2.75) is 18.7 Å². The van der Waals surface area contributed by atoms with Gasteiger partial charge in [-0.05, 0) is 31.4 Å². The van der Waals surface area contributed by atoms with Crippen LogP contribution >= 0.6 is 11.9 Å². The van der Waals surface area contributed by atoms with Crippen molar-refractivity contribution >= 4 is 11.9 Å². The molecule has 1 N–H and O–H groups in total. The van der Waals surface area contributed by atoms with Crippen molar-refractivity contribution in [2.24, 2.45) is 0 Å². The molecule has 1 aromatic carbocycles. The molecule has 0 saturated carbocycles. The maximum absolute atomic E-state index is 13.3. The van der Waals surface area contributed by atoms with Gasteiger partial charge in [0.1, 0.15) is 4.90 Å². The lowest BCUT2D eigenvalue weighted by Gasteiger charge is -2.09. The van der Waals surface area contributed by atoms with Gasteiger partial charge < -0.3 is 0 Å². The summed E-state index contributed by atoms with van der Waals surface area (Å²) in [5.41, 5.74) is 0.809. The van der Waals surface area contributed by atoms with Crippen molar-refractivity contribution in [2.75, 3.05) is 6.54 Å². The number of nitrogens with one attached hydrogen (secondary N) is 1. The molecule has 0 aliphatic carbocycles. The molecule has 20 heavy (non-hydrogen) atoms. The van der Waals surface area contributed by atoms with E-state index in [0.29, 0.717) is 11.9 Å². The number of hydrogen-bond acceptors (Lipinski definition) is 2. The second kappa shape index (κ2) is 7.44. The third-order valence-corrected chi connectivity index (χ3v) is 3.22. The summed E-state index contributed by atoms with van der Waals surface area (Å²) in [6.07, 6.45) is 5.28. The topological polar surface area (TPSA) is 12.0 Å². The molecular formula is C13H12F5NS. The quantitative estimate of drug-likeness (QED) is 0.282. The number of allylic oxidation sites excluding steroid dienone is 2. The highest BCUT2D eigenvalue weighted by molar-refractivity contribution is 7.97. The molecule has 0 radical (unpaired) electrons. The summed E-state index contributed by atoms with van der Waals surface area (Å²) in [5.74, 6) is -9.74. The third-order valence-electron chi connectivity index (χ3n) is 2.37. The van der Waals surface area contributed by atoms with Crippen LogP contribution in [0.4, 0.5) is 22.0 Å². The first-order valence-electron chi connectivity index (χ1n) is 5.63. The van der Waals surface area contributed by atoms with Crippen LogP contribution in [0.2, 0.25) is 0 Å². The molecule has 7 heteroatoms. The molecule has 1 rings (SSSR count). The Morgan fingerprint density at radius 1 is 0.950 bits per heavy atom. The fourth-order valence-corrected chi connectivity index (χ4v) is 2.08. The molecular weight excluding hydrogens is 297 g/mol. The molecule has 0 saturated heterocycles. The van der Waals surface area contributed by atoms with E-state index in [0.717, 1.165) is 5.57 Å². The number of benzene rings is 1. The molecule has 110 valence electrons. The molecule has 0 spiro atoms. The van der Waals surface area contributed by atoms with Crippen molar-refractivity contribution < 1.29 is 22.0 Å². The minimum absolute atomic E-state index is 0.213. The van der Waals surface area contributed by atoms with Crippen molar-refractivity contribution in [1.82, 2.24) is 4.72 Å². The molecule has 0 bridgehead atoms. The Labute approximate surface area is 117 Å². The molecule has 0 aliphatic heterocycles. The normalized spacial score (nSPS) is 12.4. The summed E-state index contributed by atoms with van der Waals surface area (Å²) >= 11 is 0.359. The lowest BCUT2D eigenvalue weighted by molar-refractivity contribution is 0.360. The van der Waals surface area contributed by atoms with E-state index in [1.165, 1.54) is 0 Å². The molecule has 0 heterocycles. The van der Waals surface area contributed by atoms with E-state index in [1.54, 1.807) is 32.1 Å². The minimum Gasteiger partial charge on any atom is -0.255 e. The maximum atomic E-state index is 13.3. The molecule has 0 aromatic heterocycles. The number of halogens is 5. The van der Waals surface area contributed by atoms with Gasteiger partial charge in [-0.3, -0.25) is 4.72 Å². The van der Waals surface area contributed by atoms with E-state index in [9.17, 15) is 22.0 Å². The van der Waals surface area contributed by atoms with Crippen LogP contribution in [0.3, 0.4) is 0 Å². The highest BCUT2D eigenvalue weighted by atomic mass is 32.2. The summed E-state index contributed by atoms with van der Waals surface area (Å²) in [6, 6.07) is 0. The lowest BCUT2D eigenvalue weighted by Crippen LogP contribution is -2.11. The fourth-order valence-electron chi connectivity index (χ4n) is 1.34. The van der Waals surface area contributed by atoms with E-state index in [4.69, 9.17) is 0 Å². The predicted octanol–water partition coefficient (Wildman–Crippen LogP) is 4.50. The van der Waals surface area contributed by atoms with Gasteiger partial charge in [0.25, 0.3) is 0 Å². The van der Waals surface area contributed by atoms with Gasteiger partial charge in [-0.15, -0.1) is 0 Å². The third kappa shape index (κ3) is 3.61. The smallest absolute Gasteiger partial charge is 0.200 e. The van der Waals surface area contributed by atoms with Gasteiger partial charge >= 0.3 is 0 Å². The zero-order chi connectivity index (χ0) is 15.3. The first-order valence-corrected chi connectivity index (χ1v) is 6.44. The van der Waals surface area contributed by atoms with Gasteiger partial charge in [-0.1, -0.05) is 18.2 Å². The largest absolute Gasteiger partial charge is 0.255 e. The average Bonchev–Trinajstić information content (AvgIpc) is 2.45. The Hall–Kier alpha value is -1.34. The maximum Gasteiger partial charge on any atom is 0.200 e. The summed E-state index contributed by atoms with van der Waals surface area (Å²) in [7, 11) is 0. The molecule has 0 atom stereocenters. The van der Waals surface area contributed by atoms with E-state index in [-0.39, 0.29) is 6.54 Å². The van der Waals surface area contributed by atoms with E-state index in [2.05, 4.69) is 4.72 Å². The predicted molar refractivity (Wildman–Crippen MR) is 68.7 cm³/mol. The second-order valence-electron chi connectivity index (χ2n) is 3.69. The van der Waals surface area contributed by atoms with Gasteiger partial charge in [0.05, 0.1) is 0 Å². The highest BCUT2D eigenvalue weighted by Crippen LogP contribution is 2.29. The summed E-state index contributed by atoms with van der Waals surface area (Å²) < 4.78 is 68.0. The van der Waals surface area contributed by atoms with Crippen LogP contribution in [0.15, 0.2) is 28.7 Å². The zero-order valence-corrected chi connectivity index (χ0v) is 11.6. The van der Waals surface area contributed by atoms with E-state index >= 15 is 0 Å². The monoisotopic (exact) mass is 309 g/mol. The fraction of sp³-hybridized carbons (Fsp3) is 0.231. The van der Waals surface area contributed by atoms with E-state index in [1.807, 2.05) is 0 Å². The molecule has 0 amide bonds. The number of hydrogen-bond donors (Lipinski definition) is 1. The minimum atomic E-state index is -2.16. The van der Waals surface area contributed by atoms with E-state index < -0.39 is 34.0 Å². The van der Waals surface area contributed by atoms with Crippen molar-refractivity contribution in [1.29, 1.82) is 0 Å². The summed E-state index contributed by atoms with van der Waals surface area (Å²) in [6.45, 7) is 3.77. The Morgan fingerprint density at radius 3 is 1.90 bits per heavy atom. The van der Waals surface area contributed by atoms with Gasteiger partial charge in [0, 0.05) is 6.54 Å². The Morgan fingerprint density at radius 2 is 1.45 bits per heavy atom. The Kier molecular flexibility index (Phi) is 6.22. The SMILES string of the molecule is C/C=C\C(=C/C)CNSc1c(F)c(F)c(F)c(F)c1F. The van der Waals surface area contributed by atoms with Crippen molar-refractivity contribution in [3.63, 3.8) is 0 Å². The average molecular weight is 309 g/mol. The van der Waals surface area contributed by atoms with Crippen LogP contribution in [-0.4, -0.2) is 6.54 Å². The molecule has 0 aliphatic rings. The van der Waals surface area contributed by atoms with Gasteiger partial charge in [0.2, 0.25) is 5.82 Å². The molecule has 0 unspecified atom stereocenters. The summed E-state index contributed by atoms with van der Waals surface area (Å²) in [4.78, 5) is -0.947. The second-order valence-corrected chi connectivity index (χ2v) is 4.59. The summed E-state index contributed by atoms with van der Waals surface area (Å²) in [5, 5.41) is 0. The lowest BCUT2D eigenvalue weighted by atomic mass is 10.2. The van der Waals surface area contributed by atoms with Crippen LogP contribution in [0.1, 0.15) is 13.8 Å². The number of rotatable bonds is 5. The molecule has 1 nitrogen and oxygen atoms in total. The highest BCUT2D eigenvalue weighted by Gasteiger charge is 2.25. The first kappa shape index (κ1) is 16.7. The Balaban J connectivity index is 2.89. The molecule has 1 aromatic rings. The first-order chi connectivity index (χ1) is 9.43. The zero-order valence-electron chi connectivity index (χ0n) is 10.7. The van der Waals surface area contributed by atoms with Crippen LogP contribution in [0, 0.1) is 29.1 Å². The Bertz CT molecular complexity index is 525. The molecule has 0 fully saturated rings. The van der Waals surface area contributed by atoms with Crippen LogP contribution in [0.5, 0.6) is 0 Å². The van der Waals surface area contributed by atoms with Crippen LogP contribution in [-0.2, 0) is 0 Å².